The van der Waals surface area contributed by atoms with E-state index >= 15 is 0 Å². The average Bonchev–Trinajstić information content (AvgIpc) is 2.65. The van der Waals surface area contributed by atoms with Gasteiger partial charge in [0.25, 0.3) is 0 Å². The summed E-state index contributed by atoms with van der Waals surface area (Å²) in [5, 5.41) is 4.45. The van der Waals surface area contributed by atoms with Gasteiger partial charge in [0, 0.05) is 11.5 Å². The number of likely N-dealkylation sites (tertiary alicyclic amines) is 1. The van der Waals surface area contributed by atoms with Gasteiger partial charge in [0.05, 0.1) is 18.4 Å². The second-order valence-electron chi connectivity index (χ2n) is 5.23. The third kappa shape index (κ3) is 1.33. The van der Waals surface area contributed by atoms with Crippen LogP contribution in [0.3, 0.4) is 0 Å². The number of piperidine rings is 1. The number of hydrazine groups is 1. The quantitative estimate of drug-likeness (QED) is 0.453. The number of nitrogens with two attached hydrogens (primary N) is 1. The smallest absolute Gasteiger partial charge is 0.234 e. The number of fused-ring (bicyclic) bond motifs is 1. The molecule has 2 unspecified atom stereocenters. The fourth-order valence-electron chi connectivity index (χ4n) is 2.73. The Morgan fingerprint density at radius 1 is 1.39 bits per heavy atom. The molecule has 2 heterocycles. The molecule has 1 saturated carbocycles. The summed E-state index contributed by atoms with van der Waals surface area (Å²) in [4.78, 5) is 25.5. The monoisotopic (exact) mass is 267 g/mol. The fraction of sp³-hybridized carbons (Fsp3) is 0.600. The molecule has 2 atom stereocenters. The Morgan fingerprint density at radius 2 is 2.00 bits per heavy atom. The molecule has 1 aliphatic carbocycles. The van der Waals surface area contributed by atoms with E-state index in [4.69, 9.17) is 5.84 Å². The normalized spacial score (nSPS) is 28.5. The van der Waals surface area contributed by atoms with Crippen molar-refractivity contribution < 1.29 is 9.59 Å². The van der Waals surface area contributed by atoms with Crippen LogP contribution in [0.2, 0.25) is 0 Å². The van der Waals surface area contributed by atoms with Crippen molar-refractivity contribution in [2.24, 2.45) is 23.1 Å². The summed E-state index contributed by atoms with van der Waals surface area (Å²) in [5.41, 5.74) is 2.81. The zero-order valence-corrected chi connectivity index (χ0v) is 10.8. The lowest BCUT2D eigenvalue weighted by Gasteiger charge is -2.19. The van der Waals surface area contributed by atoms with Gasteiger partial charge in [0.1, 0.15) is 10.7 Å². The maximum atomic E-state index is 12.1. The first kappa shape index (κ1) is 11.5. The summed E-state index contributed by atoms with van der Waals surface area (Å²) in [6, 6.07) is 0. The highest BCUT2D eigenvalue weighted by atomic mass is 32.1. The molecule has 1 aliphatic heterocycles. The van der Waals surface area contributed by atoms with Crippen molar-refractivity contribution in [1.82, 2.24) is 14.5 Å². The summed E-state index contributed by atoms with van der Waals surface area (Å²) >= 11 is 1.10. The van der Waals surface area contributed by atoms with Gasteiger partial charge in [0.15, 0.2) is 0 Å². The lowest BCUT2D eigenvalue weighted by atomic mass is 10.1. The molecular weight excluding hydrogens is 254 g/mol. The largest absolute Gasteiger partial charge is 0.313 e. The Bertz CT molecular complexity index is 516. The molecule has 8 heteroatoms. The number of imide groups is 1. The number of anilines is 1. The number of rotatable bonds is 3. The SMILES string of the molecule is CC1(C)C2C(=O)N(Cc3nnsc3NN)C(=O)C21. The fourth-order valence-corrected chi connectivity index (χ4v) is 3.22. The van der Waals surface area contributed by atoms with Crippen molar-refractivity contribution >= 4 is 28.3 Å². The minimum absolute atomic E-state index is 0.106. The third-order valence-corrected chi connectivity index (χ3v) is 4.59. The van der Waals surface area contributed by atoms with Crippen molar-refractivity contribution in [3.05, 3.63) is 5.69 Å². The Morgan fingerprint density at radius 3 is 2.56 bits per heavy atom. The molecule has 96 valence electrons. The lowest BCUT2D eigenvalue weighted by Crippen LogP contribution is -2.36. The number of aromatic nitrogens is 2. The second-order valence-corrected chi connectivity index (χ2v) is 5.99. The van der Waals surface area contributed by atoms with Crippen LogP contribution in [0.1, 0.15) is 19.5 Å². The van der Waals surface area contributed by atoms with E-state index in [9.17, 15) is 9.59 Å². The van der Waals surface area contributed by atoms with E-state index in [0.717, 1.165) is 11.5 Å². The summed E-state index contributed by atoms with van der Waals surface area (Å²) in [5.74, 6) is 4.78. The topological polar surface area (TPSA) is 101 Å². The molecule has 7 nitrogen and oxygen atoms in total. The molecule has 2 fully saturated rings. The highest BCUT2D eigenvalue weighted by molar-refractivity contribution is 7.10. The number of nitrogens with zero attached hydrogens (tertiary/aromatic N) is 3. The van der Waals surface area contributed by atoms with Gasteiger partial charge in [-0.15, -0.1) is 5.10 Å². The van der Waals surface area contributed by atoms with Crippen LogP contribution in [-0.4, -0.2) is 26.3 Å². The van der Waals surface area contributed by atoms with E-state index in [1.165, 1.54) is 4.90 Å². The number of nitrogens with one attached hydrogen (secondary N) is 1. The molecule has 1 saturated heterocycles. The molecule has 3 N–H and O–H groups in total. The number of hydrogen-bond donors (Lipinski definition) is 2. The Balaban J connectivity index is 1.80. The van der Waals surface area contributed by atoms with Crippen molar-refractivity contribution in [2.45, 2.75) is 20.4 Å². The maximum absolute atomic E-state index is 12.1. The average molecular weight is 267 g/mol. The molecule has 1 aromatic rings. The number of carbonyl (C=O) groups excluding carboxylic acids is 2. The molecule has 0 radical (unpaired) electrons. The van der Waals surface area contributed by atoms with E-state index in [1.807, 2.05) is 13.8 Å². The van der Waals surface area contributed by atoms with Gasteiger partial charge in [-0.2, -0.15) is 0 Å². The number of carbonyl (C=O) groups is 2. The highest BCUT2D eigenvalue weighted by Crippen LogP contribution is 2.63. The predicted molar refractivity (Wildman–Crippen MR) is 64.0 cm³/mol. The van der Waals surface area contributed by atoms with E-state index < -0.39 is 0 Å². The number of nitrogen functional groups attached to an aromatic ring is 1. The maximum Gasteiger partial charge on any atom is 0.234 e. The predicted octanol–water partition coefficient (Wildman–Crippen LogP) is -0.0353. The molecular formula is C10H13N5O2S. The van der Waals surface area contributed by atoms with Gasteiger partial charge in [-0.25, -0.2) is 5.84 Å². The third-order valence-electron chi connectivity index (χ3n) is 3.89. The van der Waals surface area contributed by atoms with E-state index in [-0.39, 0.29) is 35.6 Å². The van der Waals surface area contributed by atoms with Gasteiger partial charge >= 0.3 is 0 Å². The van der Waals surface area contributed by atoms with Crippen LogP contribution >= 0.6 is 11.5 Å². The first-order valence-corrected chi connectivity index (χ1v) is 6.39. The van der Waals surface area contributed by atoms with E-state index in [1.54, 1.807) is 0 Å². The molecule has 0 bridgehead atoms. The minimum Gasteiger partial charge on any atom is -0.313 e. The first-order valence-electron chi connectivity index (χ1n) is 5.61. The Hall–Kier alpha value is -1.54. The van der Waals surface area contributed by atoms with Crippen LogP contribution in [0.5, 0.6) is 0 Å². The van der Waals surface area contributed by atoms with Gasteiger partial charge in [-0.1, -0.05) is 18.3 Å². The first-order chi connectivity index (χ1) is 8.48. The van der Waals surface area contributed by atoms with Crippen LogP contribution in [-0.2, 0) is 16.1 Å². The molecule has 18 heavy (non-hydrogen) atoms. The molecule has 2 aliphatic rings. The summed E-state index contributed by atoms with van der Waals surface area (Å²) in [7, 11) is 0. The van der Waals surface area contributed by atoms with Crippen LogP contribution in [0.25, 0.3) is 0 Å². The van der Waals surface area contributed by atoms with Gasteiger partial charge in [-0.3, -0.25) is 14.5 Å². The highest BCUT2D eigenvalue weighted by Gasteiger charge is 2.72. The van der Waals surface area contributed by atoms with Crippen LogP contribution in [0.15, 0.2) is 0 Å². The van der Waals surface area contributed by atoms with Crippen molar-refractivity contribution in [2.75, 3.05) is 5.43 Å². The summed E-state index contributed by atoms with van der Waals surface area (Å²) in [6.45, 7) is 4.05. The van der Waals surface area contributed by atoms with Crippen LogP contribution < -0.4 is 11.3 Å². The summed E-state index contributed by atoms with van der Waals surface area (Å²) < 4.78 is 3.74. The van der Waals surface area contributed by atoms with Crippen LogP contribution in [0, 0.1) is 17.3 Å². The van der Waals surface area contributed by atoms with E-state index in [0.29, 0.717) is 10.7 Å². The molecule has 2 amide bonds. The standard InChI is InChI=1S/C10H13N5O2S/c1-10(2)5-6(10)9(17)15(8(5)16)3-4-7(12-11)18-14-13-4/h5-6,12H,3,11H2,1-2H3. The minimum atomic E-state index is -0.181. The van der Waals surface area contributed by atoms with Gasteiger partial charge in [-0.05, 0) is 5.41 Å². The zero-order valence-electron chi connectivity index (χ0n) is 10.0. The Labute approximate surface area is 107 Å². The Kier molecular flexibility index (Phi) is 2.23. The van der Waals surface area contributed by atoms with Crippen molar-refractivity contribution in [3.63, 3.8) is 0 Å². The van der Waals surface area contributed by atoms with Crippen molar-refractivity contribution in [3.8, 4) is 0 Å². The van der Waals surface area contributed by atoms with Crippen molar-refractivity contribution in [1.29, 1.82) is 0 Å². The number of hydrogen-bond acceptors (Lipinski definition) is 7. The molecule has 0 aromatic carbocycles. The van der Waals surface area contributed by atoms with Gasteiger partial charge in [0.2, 0.25) is 11.8 Å². The van der Waals surface area contributed by atoms with E-state index in [2.05, 4.69) is 15.0 Å². The second kappa shape index (κ2) is 3.48. The molecule has 1 aromatic heterocycles. The molecule has 0 spiro atoms. The van der Waals surface area contributed by atoms with Gasteiger partial charge < -0.3 is 5.43 Å². The molecule has 3 rings (SSSR count). The number of amides is 2. The van der Waals surface area contributed by atoms with Crippen LogP contribution in [0.4, 0.5) is 5.00 Å². The lowest BCUT2D eigenvalue weighted by molar-refractivity contribution is -0.143. The zero-order chi connectivity index (χ0) is 13.1. The summed E-state index contributed by atoms with van der Waals surface area (Å²) in [6.07, 6.45) is 0.